The number of nitriles is 1. The van der Waals surface area contributed by atoms with Gasteiger partial charge >= 0.3 is 0 Å². The minimum absolute atomic E-state index is 0.393. The smallest absolute Gasteiger partial charge is 0.153 e. The minimum Gasteiger partial charge on any atom is -0.357 e. The summed E-state index contributed by atoms with van der Waals surface area (Å²) >= 11 is 0. The molecule has 3 aromatic heterocycles. The Morgan fingerprint density at radius 3 is 2.78 bits per heavy atom. The predicted octanol–water partition coefficient (Wildman–Crippen LogP) is 2.19. The summed E-state index contributed by atoms with van der Waals surface area (Å²) in [6.07, 6.45) is 7.52. The number of anilines is 1. The highest BCUT2D eigenvalue weighted by Gasteiger charge is 2.26. The van der Waals surface area contributed by atoms with Gasteiger partial charge in [0.15, 0.2) is 5.82 Å². The Labute approximate surface area is 158 Å². The van der Waals surface area contributed by atoms with E-state index in [4.69, 9.17) is 5.26 Å². The first-order valence-electron chi connectivity index (χ1n) is 9.28. The molecule has 0 amide bonds. The van der Waals surface area contributed by atoms with Crippen LogP contribution < -0.4 is 4.90 Å². The number of nitrogens with zero attached hydrogens (tertiary/aromatic N) is 8. The van der Waals surface area contributed by atoms with Gasteiger partial charge in [-0.15, -0.1) is 10.2 Å². The molecule has 4 heterocycles. The zero-order valence-electron chi connectivity index (χ0n) is 15.4. The molecule has 0 bridgehead atoms. The SMILES string of the molecule is CCn1c(Cn2ccnc2)nnc1C1CCN(c2cccc(C#N)n2)CC1. The van der Waals surface area contributed by atoms with Crippen molar-refractivity contribution < 1.29 is 0 Å². The molecule has 0 N–H and O–H groups in total. The predicted molar refractivity (Wildman–Crippen MR) is 100 cm³/mol. The third kappa shape index (κ3) is 3.53. The lowest BCUT2D eigenvalue weighted by atomic mass is 9.96. The molecule has 0 aliphatic carbocycles. The Hall–Kier alpha value is -3.21. The highest BCUT2D eigenvalue weighted by atomic mass is 15.3. The lowest BCUT2D eigenvalue weighted by molar-refractivity contribution is 0.462. The highest BCUT2D eigenvalue weighted by molar-refractivity contribution is 5.42. The average Bonchev–Trinajstić information content (AvgIpc) is 3.38. The molecule has 1 aliphatic heterocycles. The summed E-state index contributed by atoms with van der Waals surface area (Å²) in [5.41, 5.74) is 0.462. The molecular weight excluding hydrogens is 340 g/mol. The second-order valence-corrected chi connectivity index (χ2v) is 6.71. The lowest BCUT2D eigenvalue weighted by Gasteiger charge is -2.32. The first-order valence-corrected chi connectivity index (χ1v) is 9.28. The van der Waals surface area contributed by atoms with Crippen LogP contribution in [0.25, 0.3) is 0 Å². The van der Waals surface area contributed by atoms with Crippen molar-refractivity contribution in [3.8, 4) is 6.07 Å². The highest BCUT2D eigenvalue weighted by Crippen LogP contribution is 2.29. The van der Waals surface area contributed by atoms with E-state index in [1.807, 2.05) is 22.9 Å². The van der Waals surface area contributed by atoms with E-state index in [1.54, 1.807) is 18.6 Å². The summed E-state index contributed by atoms with van der Waals surface area (Å²) in [5.74, 6) is 3.32. The second kappa shape index (κ2) is 7.58. The van der Waals surface area contributed by atoms with Crippen LogP contribution in [0.15, 0.2) is 36.9 Å². The van der Waals surface area contributed by atoms with Gasteiger partial charge in [-0.2, -0.15) is 5.26 Å². The van der Waals surface area contributed by atoms with Gasteiger partial charge in [0.2, 0.25) is 0 Å². The molecular formula is C19H22N8. The van der Waals surface area contributed by atoms with Crippen LogP contribution >= 0.6 is 0 Å². The fourth-order valence-electron chi connectivity index (χ4n) is 3.68. The molecule has 0 aromatic carbocycles. The quantitative estimate of drug-likeness (QED) is 0.691. The number of pyridine rings is 1. The maximum Gasteiger partial charge on any atom is 0.153 e. The van der Waals surface area contributed by atoms with Gasteiger partial charge in [0.25, 0.3) is 0 Å². The maximum absolute atomic E-state index is 9.05. The molecule has 3 aromatic rings. The van der Waals surface area contributed by atoms with E-state index in [0.29, 0.717) is 18.2 Å². The second-order valence-electron chi connectivity index (χ2n) is 6.71. The van der Waals surface area contributed by atoms with Gasteiger partial charge < -0.3 is 14.0 Å². The monoisotopic (exact) mass is 362 g/mol. The van der Waals surface area contributed by atoms with E-state index in [0.717, 1.165) is 49.9 Å². The molecule has 0 spiro atoms. The van der Waals surface area contributed by atoms with E-state index in [2.05, 4.69) is 42.6 Å². The third-order valence-corrected chi connectivity index (χ3v) is 5.09. The molecule has 8 nitrogen and oxygen atoms in total. The van der Waals surface area contributed by atoms with E-state index in [-0.39, 0.29) is 0 Å². The Morgan fingerprint density at radius 2 is 2.07 bits per heavy atom. The molecule has 1 saturated heterocycles. The Bertz CT molecular complexity index is 929. The van der Waals surface area contributed by atoms with E-state index < -0.39 is 0 Å². The van der Waals surface area contributed by atoms with E-state index in [1.165, 1.54) is 0 Å². The van der Waals surface area contributed by atoms with Crippen molar-refractivity contribution in [2.45, 2.75) is 38.8 Å². The Morgan fingerprint density at radius 1 is 1.22 bits per heavy atom. The summed E-state index contributed by atoms with van der Waals surface area (Å²) in [6.45, 7) is 5.49. The third-order valence-electron chi connectivity index (χ3n) is 5.09. The molecule has 27 heavy (non-hydrogen) atoms. The van der Waals surface area contributed by atoms with Crippen molar-refractivity contribution in [2.24, 2.45) is 0 Å². The summed E-state index contributed by atoms with van der Waals surface area (Å²) in [4.78, 5) is 10.8. The molecule has 0 atom stereocenters. The largest absolute Gasteiger partial charge is 0.357 e. The number of imidazole rings is 1. The van der Waals surface area contributed by atoms with Crippen molar-refractivity contribution in [1.82, 2.24) is 29.3 Å². The molecule has 1 aliphatic rings. The van der Waals surface area contributed by atoms with E-state index in [9.17, 15) is 0 Å². The topological polar surface area (TPSA) is 88.5 Å². The van der Waals surface area contributed by atoms with Crippen LogP contribution in [-0.4, -0.2) is 42.4 Å². The van der Waals surface area contributed by atoms with Gasteiger partial charge in [0.1, 0.15) is 23.4 Å². The molecule has 0 radical (unpaired) electrons. The van der Waals surface area contributed by atoms with Crippen molar-refractivity contribution in [3.63, 3.8) is 0 Å². The molecule has 4 rings (SSSR count). The van der Waals surface area contributed by atoms with E-state index >= 15 is 0 Å². The van der Waals surface area contributed by atoms with Crippen molar-refractivity contribution >= 4 is 5.82 Å². The van der Waals surface area contributed by atoms with Gasteiger partial charge in [0, 0.05) is 37.9 Å². The summed E-state index contributed by atoms with van der Waals surface area (Å²) in [5, 5.41) is 18.0. The summed E-state index contributed by atoms with van der Waals surface area (Å²) in [6, 6.07) is 7.71. The first-order chi connectivity index (χ1) is 13.3. The van der Waals surface area contributed by atoms with Crippen molar-refractivity contribution in [3.05, 3.63) is 54.3 Å². The van der Waals surface area contributed by atoms with Crippen LogP contribution in [0.4, 0.5) is 5.82 Å². The molecule has 0 unspecified atom stereocenters. The normalized spacial score (nSPS) is 15.0. The van der Waals surface area contributed by atoms with Gasteiger partial charge in [-0.3, -0.25) is 0 Å². The number of aromatic nitrogens is 6. The summed E-state index contributed by atoms with van der Waals surface area (Å²) < 4.78 is 4.24. The minimum atomic E-state index is 0.393. The van der Waals surface area contributed by atoms with Crippen molar-refractivity contribution in [2.75, 3.05) is 18.0 Å². The van der Waals surface area contributed by atoms with Crippen LogP contribution in [0.2, 0.25) is 0 Å². The Balaban J connectivity index is 1.46. The number of piperidine rings is 1. The van der Waals surface area contributed by atoms with Crippen molar-refractivity contribution in [1.29, 1.82) is 5.26 Å². The van der Waals surface area contributed by atoms with Crippen LogP contribution in [-0.2, 0) is 13.1 Å². The number of rotatable bonds is 5. The zero-order chi connectivity index (χ0) is 18.6. The molecule has 8 heteroatoms. The van der Waals surface area contributed by atoms with Crippen LogP contribution in [0.5, 0.6) is 0 Å². The van der Waals surface area contributed by atoms with Gasteiger partial charge in [-0.25, -0.2) is 9.97 Å². The maximum atomic E-state index is 9.05. The van der Waals surface area contributed by atoms with Gasteiger partial charge in [-0.1, -0.05) is 6.07 Å². The first kappa shape index (κ1) is 17.2. The standard InChI is InChI=1S/C19H22N8/c1-2-27-18(13-25-11-8-21-14-25)23-24-19(27)15-6-9-26(10-7-15)17-5-3-4-16(12-20)22-17/h3-5,8,11,14-15H,2,6-7,9-10,13H2,1H3. The van der Waals surface area contributed by atoms with Gasteiger partial charge in [-0.05, 0) is 31.9 Å². The lowest BCUT2D eigenvalue weighted by Crippen LogP contribution is -2.34. The average molecular weight is 362 g/mol. The number of hydrogen-bond acceptors (Lipinski definition) is 6. The fraction of sp³-hybridized carbons (Fsp3) is 0.421. The van der Waals surface area contributed by atoms with Gasteiger partial charge in [0.05, 0.1) is 12.9 Å². The molecule has 1 fully saturated rings. The number of hydrogen-bond donors (Lipinski definition) is 0. The van der Waals surface area contributed by atoms with Crippen LogP contribution in [0.1, 0.15) is 43.0 Å². The van der Waals surface area contributed by atoms with Crippen LogP contribution in [0, 0.1) is 11.3 Å². The fourth-order valence-corrected chi connectivity index (χ4v) is 3.68. The molecule has 0 saturated carbocycles. The van der Waals surface area contributed by atoms with Crippen LogP contribution in [0.3, 0.4) is 0 Å². The zero-order valence-corrected chi connectivity index (χ0v) is 15.4. The Kier molecular flexibility index (Phi) is 4.83. The summed E-state index contributed by atoms with van der Waals surface area (Å²) in [7, 11) is 0. The molecule has 138 valence electrons.